The second-order valence-electron chi connectivity index (χ2n) is 4.11. The third kappa shape index (κ3) is 3.07. The Labute approximate surface area is 97.2 Å². The molecule has 0 spiro atoms. The van der Waals surface area contributed by atoms with Gasteiger partial charge in [-0.1, -0.05) is 6.07 Å². The fourth-order valence-electron chi connectivity index (χ4n) is 1.60. The molecule has 0 fully saturated rings. The third-order valence-electron chi connectivity index (χ3n) is 2.75. The lowest BCUT2D eigenvalue weighted by Crippen LogP contribution is -2.30. The van der Waals surface area contributed by atoms with E-state index in [4.69, 9.17) is 0 Å². The molecule has 0 aliphatic rings. The highest BCUT2D eigenvalue weighted by Gasteiger charge is 2.09. The maximum atomic E-state index is 11.9. The van der Waals surface area contributed by atoms with Crippen LogP contribution in [0, 0.1) is 20.8 Å². The van der Waals surface area contributed by atoms with Crippen LogP contribution in [-0.2, 0) is 0 Å². The average Bonchev–Trinajstić information content (AvgIpc) is 2.23. The molecular weight excluding hydrogens is 200 g/mol. The fraction of sp³-hybridized carbons (Fsp3) is 0.462. The van der Waals surface area contributed by atoms with Crippen LogP contribution in [-0.4, -0.2) is 26.0 Å². The standard InChI is InChI=1S/C13H20N2O/c1-9-7-11(3)12(8-10(9)2)13(16)15-6-5-14-4/h7-8,14H,5-6H2,1-4H3,(H,15,16). The molecule has 0 saturated carbocycles. The van der Waals surface area contributed by atoms with Crippen LogP contribution in [0.1, 0.15) is 27.0 Å². The SMILES string of the molecule is CNCCNC(=O)c1cc(C)c(C)cc1C. The van der Waals surface area contributed by atoms with Crippen molar-refractivity contribution in [3.05, 3.63) is 34.4 Å². The first kappa shape index (κ1) is 12.7. The number of amides is 1. The summed E-state index contributed by atoms with van der Waals surface area (Å²) in [6.07, 6.45) is 0. The molecule has 0 aliphatic heterocycles. The number of rotatable bonds is 4. The second-order valence-corrected chi connectivity index (χ2v) is 4.11. The molecule has 0 radical (unpaired) electrons. The summed E-state index contributed by atoms with van der Waals surface area (Å²) in [5, 5.41) is 5.88. The van der Waals surface area contributed by atoms with Crippen molar-refractivity contribution in [2.45, 2.75) is 20.8 Å². The highest BCUT2D eigenvalue weighted by molar-refractivity contribution is 5.95. The zero-order chi connectivity index (χ0) is 12.1. The van der Waals surface area contributed by atoms with Gasteiger partial charge in [-0.2, -0.15) is 0 Å². The van der Waals surface area contributed by atoms with Gasteiger partial charge in [0, 0.05) is 18.7 Å². The Morgan fingerprint density at radius 3 is 2.31 bits per heavy atom. The average molecular weight is 220 g/mol. The minimum absolute atomic E-state index is 0.0100. The molecule has 0 saturated heterocycles. The summed E-state index contributed by atoms with van der Waals surface area (Å²) < 4.78 is 0. The number of carbonyl (C=O) groups is 1. The number of aryl methyl sites for hydroxylation is 3. The van der Waals surface area contributed by atoms with Crippen LogP contribution in [0.4, 0.5) is 0 Å². The van der Waals surface area contributed by atoms with Gasteiger partial charge in [0.05, 0.1) is 0 Å². The number of hydrogen-bond acceptors (Lipinski definition) is 2. The molecule has 0 atom stereocenters. The van der Waals surface area contributed by atoms with E-state index in [1.165, 1.54) is 5.56 Å². The van der Waals surface area contributed by atoms with Crippen molar-refractivity contribution in [1.82, 2.24) is 10.6 Å². The van der Waals surface area contributed by atoms with Crippen LogP contribution in [0.3, 0.4) is 0 Å². The first-order valence-electron chi connectivity index (χ1n) is 5.57. The van der Waals surface area contributed by atoms with E-state index in [1.807, 2.05) is 27.0 Å². The smallest absolute Gasteiger partial charge is 0.251 e. The van der Waals surface area contributed by atoms with Gasteiger partial charge in [-0.25, -0.2) is 0 Å². The summed E-state index contributed by atoms with van der Waals surface area (Å²) in [6.45, 7) is 7.50. The van der Waals surface area contributed by atoms with E-state index in [0.29, 0.717) is 6.54 Å². The monoisotopic (exact) mass is 220 g/mol. The molecule has 88 valence electrons. The summed E-state index contributed by atoms with van der Waals surface area (Å²) in [5.74, 6) is 0.0100. The van der Waals surface area contributed by atoms with Crippen molar-refractivity contribution in [3.8, 4) is 0 Å². The summed E-state index contributed by atoms with van der Waals surface area (Å²) >= 11 is 0. The third-order valence-corrected chi connectivity index (χ3v) is 2.75. The number of benzene rings is 1. The van der Waals surface area contributed by atoms with Crippen LogP contribution in [0.2, 0.25) is 0 Å². The van der Waals surface area contributed by atoms with E-state index < -0.39 is 0 Å². The van der Waals surface area contributed by atoms with Crippen molar-refractivity contribution in [2.24, 2.45) is 0 Å². The molecular formula is C13H20N2O. The van der Waals surface area contributed by atoms with Crippen LogP contribution in [0.15, 0.2) is 12.1 Å². The molecule has 3 nitrogen and oxygen atoms in total. The summed E-state index contributed by atoms with van der Waals surface area (Å²) in [5.41, 5.74) is 4.19. The largest absolute Gasteiger partial charge is 0.351 e. The van der Waals surface area contributed by atoms with Crippen LogP contribution in [0.5, 0.6) is 0 Å². The number of likely N-dealkylation sites (N-methyl/N-ethyl adjacent to an activating group) is 1. The van der Waals surface area contributed by atoms with Gasteiger partial charge in [0.25, 0.3) is 5.91 Å². The van der Waals surface area contributed by atoms with Gasteiger partial charge in [-0.3, -0.25) is 4.79 Å². The predicted molar refractivity (Wildman–Crippen MR) is 66.9 cm³/mol. The number of nitrogens with one attached hydrogen (secondary N) is 2. The lowest BCUT2D eigenvalue weighted by Gasteiger charge is -2.10. The van der Waals surface area contributed by atoms with E-state index in [-0.39, 0.29) is 5.91 Å². The first-order chi connectivity index (χ1) is 7.56. The van der Waals surface area contributed by atoms with E-state index in [0.717, 1.165) is 23.2 Å². The minimum atomic E-state index is 0.0100. The molecule has 0 bridgehead atoms. The van der Waals surface area contributed by atoms with Crippen molar-refractivity contribution < 1.29 is 4.79 Å². The minimum Gasteiger partial charge on any atom is -0.351 e. The highest BCUT2D eigenvalue weighted by atomic mass is 16.1. The normalized spacial score (nSPS) is 10.2. The first-order valence-corrected chi connectivity index (χ1v) is 5.57. The molecule has 0 aromatic heterocycles. The van der Waals surface area contributed by atoms with E-state index in [2.05, 4.69) is 23.6 Å². The Hall–Kier alpha value is -1.35. The van der Waals surface area contributed by atoms with Gasteiger partial charge >= 0.3 is 0 Å². The van der Waals surface area contributed by atoms with Crippen molar-refractivity contribution in [2.75, 3.05) is 20.1 Å². The van der Waals surface area contributed by atoms with E-state index in [9.17, 15) is 4.79 Å². The quantitative estimate of drug-likeness (QED) is 0.756. The molecule has 16 heavy (non-hydrogen) atoms. The molecule has 0 heterocycles. The molecule has 3 heteroatoms. The summed E-state index contributed by atoms with van der Waals surface area (Å²) in [7, 11) is 1.87. The lowest BCUT2D eigenvalue weighted by molar-refractivity contribution is 0.0953. The summed E-state index contributed by atoms with van der Waals surface area (Å²) in [4.78, 5) is 11.9. The number of carbonyl (C=O) groups excluding carboxylic acids is 1. The molecule has 0 unspecified atom stereocenters. The number of hydrogen-bond donors (Lipinski definition) is 2. The van der Waals surface area contributed by atoms with Crippen molar-refractivity contribution in [3.63, 3.8) is 0 Å². The molecule has 1 rings (SSSR count). The predicted octanol–water partition coefficient (Wildman–Crippen LogP) is 1.56. The Morgan fingerprint density at radius 1 is 1.06 bits per heavy atom. The zero-order valence-electron chi connectivity index (χ0n) is 10.5. The maximum absolute atomic E-state index is 11.9. The zero-order valence-corrected chi connectivity index (χ0v) is 10.5. The summed E-state index contributed by atoms with van der Waals surface area (Å²) in [6, 6.07) is 4.02. The molecule has 2 N–H and O–H groups in total. The topological polar surface area (TPSA) is 41.1 Å². The van der Waals surface area contributed by atoms with E-state index in [1.54, 1.807) is 0 Å². The molecule has 0 aliphatic carbocycles. The van der Waals surface area contributed by atoms with Crippen LogP contribution < -0.4 is 10.6 Å². The van der Waals surface area contributed by atoms with Gasteiger partial charge in [0.15, 0.2) is 0 Å². The lowest BCUT2D eigenvalue weighted by atomic mass is 10.0. The Morgan fingerprint density at radius 2 is 1.69 bits per heavy atom. The highest BCUT2D eigenvalue weighted by Crippen LogP contribution is 2.14. The van der Waals surface area contributed by atoms with Gasteiger partial charge in [0.2, 0.25) is 0 Å². The van der Waals surface area contributed by atoms with Crippen molar-refractivity contribution in [1.29, 1.82) is 0 Å². The molecule has 1 aromatic carbocycles. The molecule has 1 amide bonds. The van der Waals surface area contributed by atoms with Crippen molar-refractivity contribution >= 4 is 5.91 Å². The Balaban J connectivity index is 2.79. The van der Waals surface area contributed by atoms with Gasteiger partial charge in [0.1, 0.15) is 0 Å². The van der Waals surface area contributed by atoms with Crippen LogP contribution >= 0.6 is 0 Å². The maximum Gasteiger partial charge on any atom is 0.251 e. The second kappa shape index (κ2) is 5.66. The van der Waals surface area contributed by atoms with E-state index >= 15 is 0 Å². The fourth-order valence-corrected chi connectivity index (χ4v) is 1.60. The molecule has 1 aromatic rings. The van der Waals surface area contributed by atoms with Gasteiger partial charge in [-0.15, -0.1) is 0 Å². The Bertz CT molecular complexity index is 386. The van der Waals surface area contributed by atoms with Gasteiger partial charge < -0.3 is 10.6 Å². The Kier molecular flexibility index (Phi) is 4.50. The van der Waals surface area contributed by atoms with Gasteiger partial charge in [-0.05, 0) is 50.6 Å². The van der Waals surface area contributed by atoms with Crippen LogP contribution in [0.25, 0.3) is 0 Å².